The lowest BCUT2D eigenvalue weighted by Gasteiger charge is -2.32. The smallest absolute Gasteiger partial charge is 0.264 e. The molecule has 0 aliphatic heterocycles. The summed E-state index contributed by atoms with van der Waals surface area (Å²) in [6.45, 7) is 10.7. The highest BCUT2D eigenvalue weighted by molar-refractivity contribution is 7.86. The van der Waals surface area contributed by atoms with Gasteiger partial charge in [-0.2, -0.15) is 8.42 Å². The van der Waals surface area contributed by atoms with Crippen LogP contribution in [0.1, 0.15) is 24.9 Å². The zero-order chi connectivity index (χ0) is 16.6. The van der Waals surface area contributed by atoms with E-state index in [2.05, 4.69) is 18.1 Å². The zero-order valence-electron chi connectivity index (χ0n) is 13.3. The summed E-state index contributed by atoms with van der Waals surface area (Å²) in [6, 6.07) is 10.0. The first-order valence-corrected chi connectivity index (χ1v) is 9.08. The van der Waals surface area contributed by atoms with Gasteiger partial charge in [-0.1, -0.05) is 42.5 Å². The van der Waals surface area contributed by atoms with Gasteiger partial charge >= 0.3 is 0 Å². The first-order valence-electron chi connectivity index (χ1n) is 7.26. The van der Waals surface area contributed by atoms with E-state index in [-0.39, 0.29) is 6.04 Å². The Balaban J connectivity index is 3.00. The third kappa shape index (κ3) is 6.56. The molecule has 0 aliphatic rings. The van der Waals surface area contributed by atoms with Gasteiger partial charge in [-0.05, 0) is 18.9 Å². The van der Waals surface area contributed by atoms with Crippen LogP contribution in [0.15, 0.2) is 55.6 Å². The van der Waals surface area contributed by atoms with E-state index in [0.717, 1.165) is 11.8 Å². The van der Waals surface area contributed by atoms with Crippen molar-refractivity contribution in [2.75, 3.05) is 19.3 Å². The Bertz CT molecular complexity index is 559. The van der Waals surface area contributed by atoms with Gasteiger partial charge in [-0.15, -0.1) is 13.2 Å². The fourth-order valence-corrected chi connectivity index (χ4v) is 3.16. The van der Waals surface area contributed by atoms with Crippen LogP contribution in [0.3, 0.4) is 0 Å². The number of benzene rings is 1. The molecule has 0 saturated heterocycles. The minimum atomic E-state index is -3.46. The predicted octanol–water partition coefficient (Wildman–Crippen LogP) is 3.16. The Morgan fingerprint density at radius 2 is 1.73 bits per heavy atom. The van der Waals surface area contributed by atoms with Crippen molar-refractivity contribution in [3.63, 3.8) is 0 Å². The lowest BCUT2D eigenvalue weighted by Crippen LogP contribution is -2.32. The minimum absolute atomic E-state index is 0.0361. The summed E-state index contributed by atoms with van der Waals surface area (Å²) in [5.74, 6) is 0. The van der Waals surface area contributed by atoms with Crippen LogP contribution in [-0.4, -0.2) is 38.8 Å². The van der Waals surface area contributed by atoms with Crippen molar-refractivity contribution in [3.05, 3.63) is 61.2 Å². The van der Waals surface area contributed by atoms with E-state index in [1.54, 1.807) is 6.92 Å². The van der Waals surface area contributed by atoms with E-state index >= 15 is 0 Å². The van der Waals surface area contributed by atoms with Gasteiger partial charge in [-0.25, -0.2) is 0 Å². The number of hydrogen-bond acceptors (Lipinski definition) is 4. The fraction of sp³-hybridized carbons (Fsp3) is 0.412. The highest BCUT2D eigenvalue weighted by atomic mass is 32.2. The van der Waals surface area contributed by atoms with E-state index in [9.17, 15) is 8.42 Å². The van der Waals surface area contributed by atoms with Crippen LogP contribution >= 0.6 is 0 Å². The Labute approximate surface area is 134 Å². The molecule has 5 heteroatoms. The Kier molecular flexibility index (Phi) is 7.51. The molecule has 1 rings (SSSR count). The van der Waals surface area contributed by atoms with Crippen molar-refractivity contribution in [1.82, 2.24) is 4.90 Å². The molecule has 0 heterocycles. The second-order valence-corrected chi connectivity index (χ2v) is 6.91. The van der Waals surface area contributed by atoms with Crippen LogP contribution < -0.4 is 0 Å². The topological polar surface area (TPSA) is 46.6 Å². The minimum Gasteiger partial charge on any atom is -0.289 e. The summed E-state index contributed by atoms with van der Waals surface area (Å²) in [7, 11) is -3.46. The quantitative estimate of drug-likeness (QED) is 0.490. The molecule has 0 aliphatic carbocycles. The monoisotopic (exact) mass is 323 g/mol. The molecule has 2 atom stereocenters. The number of hydrogen-bond donors (Lipinski definition) is 0. The molecule has 122 valence electrons. The van der Waals surface area contributed by atoms with Gasteiger partial charge in [0.15, 0.2) is 0 Å². The van der Waals surface area contributed by atoms with E-state index in [4.69, 9.17) is 4.18 Å². The highest BCUT2D eigenvalue weighted by Crippen LogP contribution is 2.27. The van der Waals surface area contributed by atoms with Crippen LogP contribution in [0.25, 0.3) is 0 Å². The van der Waals surface area contributed by atoms with Crippen LogP contribution in [0.5, 0.6) is 0 Å². The van der Waals surface area contributed by atoms with E-state index < -0.39 is 16.2 Å². The Morgan fingerprint density at radius 3 is 2.18 bits per heavy atom. The van der Waals surface area contributed by atoms with Crippen LogP contribution in [0.2, 0.25) is 0 Å². The van der Waals surface area contributed by atoms with Crippen molar-refractivity contribution < 1.29 is 12.6 Å². The predicted molar refractivity (Wildman–Crippen MR) is 91.2 cm³/mol. The van der Waals surface area contributed by atoms with E-state index in [1.165, 1.54) is 0 Å². The summed E-state index contributed by atoms with van der Waals surface area (Å²) in [5, 5.41) is 0. The van der Waals surface area contributed by atoms with Gasteiger partial charge in [0.2, 0.25) is 0 Å². The molecule has 0 aromatic heterocycles. The van der Waals surface area contributed by atoms with Gasteiger partial charge in [0, 0.05) is 19.1 Å². The Hall–Kier alpha value is -1.43. The lowest BCUT2D eigenvalue weighted by atomic mass is 9.99. The maximum Gasteiger partial charge on any atom is 0.264 e. The van der Waals surface area contributed by atoms with Crippen molar-refractivity contribution in [2.24, 2.45) is 0 Å². The van der Waals surface area contributed by atoms with Crippen LogP contribution in [0.4, 0.5) is 0 Å². The van der Waals surface area contributed by atoms with Crippen LogP contribution in [0, 0.1) is 0 Å². The molecule has 0 saturated carbocycles. The second kappa shape index (κ2) is 8.88. The fourth-order valence-electron chi connectivity index (χ4n) is 2.48. The molecule has 1 aromatic rings. The molecule has 0 amide bonds. The number of nitrogens with zero attached hydrogens (tertiary/aromatic N) is 1. The van der Waals surface area contributed by atoms with Crippen LogP contribution in [-0.2, 0) is 14.3 Å². The average Bonchev–Trinajstić information content (AvgIpc) is 2.44. The number of rotatable bonds is 10. The SMILES string of the molecule is C=CCN(CC=C)[C@@H](CC(C)OS(C)(=O)=O)c1ccccc1. The summed E-state index contributed by atoms with van der Waals surface area (Å²) in [6.07, 6.45) is 4.91. The molecule has 1 aromatic carbocycles. The summed E-state index contributed by atoms with van der Waals surface area (Å²) >= 11 is 0. The lowest BCUT2D eigenvalue weighted by molar-refractivity contribution is 0.148. The summed E-state index contributed by atoms with van der Waals surface area (Å²) in [5.41, 5.74) is 1.12. The summed E-state index contributed by atoms with van der Waals surface area (Å²) < 4.78 is 27.7. The van der Waals surface area contributed by atoms with Crippen molar-refractivity contribution in [2.45, 2.75) is 25.5 Å². The maximum atomic E-state index is 11.3. The molecule has 0 fully saturated rings. The molecular formula is C17H25NO3S. The van der Waals surface area contributed by atoms with E-state index in [0.29, 0.717) is 19.5 Å². The first-order chi connectivity index (χ1) is 10.4. The van der Waals surface area contributed by atoms with Gasteiger partial charge < -0.3 is 0 Å². The third-order valence-corrected chi connectivity index (χ3v) is 3.92. The van der Waals surface area contributed by atoms with Crippen molar-refractivity contribution in [1.29, 1.82) is 0 Å². The zero-order valence-corrected chi connectivity index (χ0v) is 14.1. The molecular weight excluding hydrogens is 298 g/mol. The molecule has 4 nitrogen and oxygen atoms in total. The summed E-state index contributed by atoms with van der Waals surface area (Å²) in [4.78, 5) is 2.19. The van der Waals surface area contributed by atoms with Gasteiger partial charge in [0.25, 0.3) is 10.1 Å². The average molecular weight is 323 g/mol. The van der Waals surface area contributed by atoms with Gasteiger partial charge in [-0.3, -0.25) is 9.08 Å². The standard InChI is InChI=1S/C17H25NO3S/c1-5-12-18(13-6-2)17(16-10-8-7-9-11-16)14-15(3)21-22(4,19)20/h5-11,15,17H,1-2,12-14H2,3-4H3/t15?,17-/m0/s1. The molecule has 0 bridgehead atoms. The molecule has 1 unspecified atom stereocenters. The molecule has 22 heavy (non-hydrogen) atoms. The van der Waals surface area contributed by atoms with Gasteiger partial charge in [0.05, 0.1) is 12.4 Å². The molecule has 0 spiro atoms. The first kappa shape index (κ1) is 18.6. The highest BCUT2D eigenvalue weighted by Gasteiger charge is 2.23. The normalized spacial score (nSPS) is 14.5. The van der Waals surface area contributed by atoms with Crippen molar-refractivity contribution in [3.8, 4) is 0 Å². The van der Waals surface area contributed by atoms with Gasteiger partial charge in [0.1, 0.15) is 0 Å². The second-order valence-electron chi connectivity index (χ2n) is 5.30. The third-order valence-electron chi connectivity index (χ3n) is 3.25. The largest absolute Gasteiger partial charge is 0.289 e. The van der Waals surface area contributed by atoms with E-state index in [1.807, 2.05) is 42.5 Å². The molecule has 0 radical (unpaired) electrons. The maximum absolute atomic E-state index is 11.3. The Morgan fingerprint density at radius 1 is 1.18 bits per heavy atom. The van der Waals surface area contributed by atoms with Crippen molar-refractivity contribution >= 4 is 10.1 Å². The molecule has 0 N–H and O–H groups in total.